The number of hydrogen-bond donors (Lipinski definition) is 0. The number of para-hydroxylation sites is 2. The Kier molecular flexibility index (Phi) is 7.09. The van der Waals surface area contributed by atoms with Crippen molar-refractivity contribution in [3.8, 4) is 16.8 Å². The highest BCUT2D eigenvalue weighted by atomic mass is 79.9. The second-order valence-electron chi connectivity index (χ2n) is 11.7. The summed E-state index contributed by atoms with van der Waals surface area (Å²) < 4.78 is 53.4. The molecule has 0 N–H and O–H groups in total. The molecule has 2 heterocycles. The van der Waals surface area contributed by atoms with Crippen LogP contribution in [0.4, 0.5) is 30.2 Å². The Balaban J connectivity index is 1.43. The molecule has 1 aliphatic rings. The third kappa shape index (κ3) is 5.15. The van der Waals surface area contributed by atoms with E-state index in [0.29, 0.717) is 5.56 Å². The molecule has 6 aromatic carbocycles. The molecule has 0 amide bonds. The average molecular weight is 754 g/mol. The van der Waals surface area contributed by atoms with Gasteiger partial charge in [-0.05, 0) is 109 Å². The summed E-state index contributed by atoms with van der Waals surface area (Å²) in [6.07, 6.45) is -3.71. The van der Waals surface area contributed by atoms with Gasteiger partial charge in [0.2, 0.25) is 5.85 Å². The zero-order valence-electron chi connectivity index (χ0n) is 24.9. The van der Waals surface area contributed by atoms with Crippen molar-refractivity contribution in [2.24, 2.45) is 0 Å². The number of ether oxygens (including phenoxy) is 1. The molecule has 0 radical (unpaired) electrons. The van der Waals surface area contributed by atoms with Gasteiger partial charge in [-0.3, -0.25) is 4.74 Å². The third-order valence-corrected chi connectivity index (χ3v) is 9.69. The summed E-state index contributed by atoms with van der Waals surface area (Å²) in [5, 5.41) is 2.22. The van der Waals surface area contributed by atoms with E-state index >= 15 is 4.39 Å². The smallest absolute Gasteiger partial charge is 0.310 e. The molecule has 232 valence electrons. The largest absolute Gasteiger partial charge is 0.386 e. The molecule has 47 heavy (non-hydrogen) atoms. The van der Waals surface area contributed by atoms with Crippen LogP contribution >= 0.6 is 31.9 Å². The Morgan fingerprint density at radius 3 is 1.70 bits per heavy atom. The van der Waals surface area contributed by atoms with E-state index in [-0.39, 0.29) is 5.56 Å². The van der Waals surface area contributed by atoms with Crippen LogP contribution in [0, 0.1) is 0 Å². The van der Waals surface area contributed by atoms with Crippen LogP contribution < -0.4 is 4.90 Å². The summed E-state index contributed by atoms with van der Waals surface area (Å²) in [6.45, 7) is 1.03. The highest BCUT2D eigenvalue weighted by Crippen LogP contribution is 2.51. The van der Waals surface area contributed by atoms with Gasteiger partial charge in [-0.25, -0.2) is 4.39 Å². The van der Waals surface area contributed by atoms with Gasteiger partial charge in [0.1, 0.15) is 0 Å². The van der Waals surface area contributed by atoms with Crippen LogP contribution in [0.15, 0.2) is 142 Å². The van der Waals surface area contributed by atoms with Crippen molar-refractivity contribution in [2.75, 3.05) is 4.90 Å². The first-order valence-electron chi connectivity index (χ1n) is 15.0. The lowest BCUT2D eigenvalue weighted by atomic mass is 9.96. The summed E-state index contributed by atoms with van der Waals surface area (Å²) in [7, 11) is 0. The van der Waals surface area contributed by atoms with Crippen molar-refractivity contribution in [3.63, 3.8) is 0 Å². The molecule has 0 spiro atoms. The van der Waals surface area contributed by atoms with Crippen molar-refractivity contribution >= 4 is 70.7 Å². The maximum absolute atomic E-state index is 15.4. The van der Waals surface area contributed by atoms with Crippen LogP contribution in [0.1, 0.15) is 18.1 Å². The minimum atomic E-state index is -3.71. The summed E-state index contributed by atoms with van der Waals surface area (Å²) in [5.41, 5.74) is 6.24. The topological polar surface area (TPSA) is 17.4 Å². The van der Waals surface area contributed by atoms with E-state index in [9.17, 15) is 8.78 Å². The van der Waals surface area contributed by atoms with Gasteiger partial charge in [0.15, 0.2) is 0 Å². The number of benzene rings is 6. The quantitative estimate of drug-likeness (QED) is 0.174. The number of fused-ring (bicyclic) bond motifs is 4. The Bertz CT molecular complexity index is 2220. The summed E-state index contributed by atoms with van der Waals surface area (Å²) in [6, 6.07) is 43.1. The van der Waals surface area contributed by atoms with Gasteiger partial charge >= 0.3 is 6.11 Å². The summed E-state index contributed by atoms with van der Waals surface area (Å²) in [5.74, 6) is -2.64. The fraction of sp³-hybridized carbons (Fsp3) is 0.0769. The molecule has 8 rings (SSSR count). The number of rotatable bonds is 5. The molecule has 0 fully saturated rings. The van der Waals surface area contributed by atoms with Gasteiger partial charge in [-0.1, -0.05) is 74.3 Å². The normalized spacial score (nSPS) is 16.9. The van der Waals surface area contributed by atoms with E-state index < -0.39 is 17.5 Å². The fourth-order valence-electron chi connectivity index (χ4n) is 6.55. The maximum Gasteiger partial charge on any atom is 0.386 e. The Morgan fingerprint density at radius 2 is 1.13 bits per heavy atom. The molecule has 1 aliphatic heterocycles. The molecule has 0 saturated carbocycles. The highest BCUT2D eigenvalue weighted by Gasteiger charge is 2.53. The second kappa shape index (κ2) is 11.1. The number of aromatic nitrogens is 1. The number of alkyl halides is 3. The van der Waals surface area contributed by atoms with Crippen molar-refractivity contribution in [1.29, 1.82) is 0 Å². The van der Waals surface area contributed by atoms with Crippen molar-refractivity contribution < 1.29 is 17.9 Å². The molecule has 0 bridgehead atoms. The molecule has 0 saturated heterocycles. The van der Waals surface area contributed by atoms with Crippen molar-refractivity contribution in [1.82, 2.24) is 4.57 Å². The van der Waals surface area contributed by atoms with Crippen LogP contribution in [-0.4, -0.2) is 4.57 Å². The first kappa shape index (κ1) is 30.0. The Hall–Kier alpha value is -4.37. The molecule has 7 aromatic rings. The number of anilines is 3. The van der Waals surface area contributed by atoms with Crippen LogP contribution in [0.25, 0.3) is 38.6 Å². The molecule has 8 heteroatoms. The molecule has 0 aliphatic carbocycles. The molecular formula is C39H25Br2F3N2O. The molecule has 1 unspecified atom stereocenters. The lowest BCUT2D eigenvalue weighted by Gasteiger charge is -2.27. The van der Waals surface area contributed by atoms with E-state index in [1.807, 2.05) is 84.9 Å². The van der Waals surface area contributed by atoms with Gasteiger partial charge in [0, 0.05) is 48.0 Å². The summed E-state index contributed by atoms with van der Waals surface area (Å²) in [4.78, 5) is 2.14. The standard InChI is InChI=1S/C39H25Br2F3N2O/c1-38(42)35-22-24(10-19-34(35)39(43,44)47-38)25-20-30(45(28-15-11-26(40)12-16-28)29-17-13-27(41)14-18-29)23-31(21-25)46-36-8-4-2-6-32(36)33-7-3-5-9-37(33)46/h2-23H,1H3. The lowest BCUT2D eigenvalue weighted by Crippen LogP contribution is -2.19. The van der Waals surface area contributed by atoms with Gasteiger partial charge < -0.3 is 9.47 Å². The van der Waals surface area contributed by atoms with E-state index in [1.165, 1.54) is 12.1 Å². The van der Waals surface area contributed by atoms with Gasteiger partial charge in [-0.15, -0.1) is 0 Å². The molecule has 1 aromatic heterocycles. The first-order valence-corrected chi connectivity index (χ1v) is 16.5. The van der Waals surface area contributed by atoms with Gasteiger partial charge in [-0.2, -0.15) is 8.78 Å². The molecule has 3 nitrogen and oxygen atoms in total. The minimum Gasteiger partial charge on any atom is -0.310 e. The van der Waals surface area contributed by atoms with E-state index in [1.54, 1.807) is 6.07 Å². The average Bonchev–Trinajstić information content (AvgIpc) is 3.49. The SMILES string of the molecule is CC1(F)OC(F)(F)c2ccc(-c3cc(N(c4ccc(Br)cc4)c4ccc(Br)cc4)cc(-n4c5ccccc5c5ccccc54)c3)cc21. The van der Waals surface area contributed by atoms with E-state index in [2.05, 4.69) is 76.4 Å². The van der Waals surface area contributed by atoms with Gasteiger partial charge in [0.05, 0.1) is 16.6 Å². The molecule has 1 atom stereocenters. The third-order valence-electron chi connectivity index (χ3n) is 8.64. The monoisotopic (exact) mass is 752 g/mol. The Morgan fingerprint density at radius 1 is 0.574 bits per heavy atom. The van der Waals surface area contributed by atoms with E-state index in [0.717, 1.165) is 66.0 Å². The van der Waals surface area contributed by atoms with Crippen LogP contribution in [0.3, 0.4) is 0 Å². The van der Waals surface area contributed by atoms with Crippen LogP contribution in [0.5, 0.6) is 0 Å². The van der Waals surface area contributed by atoms with Gasteiger partial charge in [0.25, 0.3) is 0 Å². The zero-order valence-corrected chi connectivity index (χ0v) is 28.1. The maximum atomic E-state index is 15.4. The molecular weight excluding hydrogens is 729 g/mol. The number of halogens is 5. The van der Waals surface area contributed by atoms with Crippen molar-refractivity contribution in [3.05, 3.63) is 154 Å². The van der Waals surface area contributed by atoms with Crippen molar-refractivity contribution in [2.45, 2.75) is 18.9 Å². The fourth-order valence-corrected chi connectivity index (χ4v) is 7.07. The minimum absolute atomic E-state index is 0.179. The van der Waals surface area contributed by atoms with Crippen LogP contribution in [0.2, 0.25) is 0 Å². The highest BCUT2D eigenvalue weighted by molar-refractivity contribution is 9.10. The number of hydrogen-bond acceptors (Lipinski definition) is 2. The predicted octanol–water partition coefficient (Wildman–Crippen LogP) is 12.7. The predicted molar refractivity (Wildman–Crippen MR) is 190 cm³/mol. The first-order chi connectivity index (χ1) is 22.6. The summed E-state index contributed by atoms with van der Waals surface area (Å²) >= 11 is 7.12. The Labute approximate surface area is 286 Å². The zero-order chi connectivity index (χ0) is 32.5. The lowest BCUT2D eigenvalue weighted by molar-refractivity contribution is -0.319. The second-order valence-corrected chi connectivity index (χ2v) is 13.5. The van der Waals surface area contributed by atoms with Crippen LogP contribution in [-0.2, 0) is 16.7 Å². The van der Waals surface area contributed by atoms with E-state index in [4.69, 9.17) is 0 Å². The number of nitrogens with zero attached hydrogens (tertiary/aromatic N) is 2.